The highest BCUT2D eigenvalue weighted by Crippen LogP contribution is 2.22. The van der Waals surface area contributed by atoms with Crippen LogP contribution in [-0.2, 0) is 13.1 Å². The number of nitrogens with one attached hydrogen (secondary N) is 2. The molecule has 2 aromatic rings. The van der Waals surface area contributed by atoms with Crippen LogP contribution in [0, 0.1) is 0 Å². The van der Waals surface area contributed by atoms with Gasteiger partial charge in [0, 0.05) is 23.4 Å². The fourth-order valence-electron chi connectivity index (χ4n) is 2.39. The summed E-state index contributed by atoms with van der Waals surface area (Å²) in [6.45, 7) is 8.51. The molecule has 0 saturated heterocycles. The second-order valence-corrected chi connectivity index (χ2v) is 6.39. The lowest BCUT2D eigenvalue weighted by Crippen LogP contribution is -2.36. The molecule has 2 rings (SSSR count). The van der Waals surface area contributed by atoms with Gasteiger partial charge in [0.2, 0.25) is 0 Å². The molecule has 0 aromatic carbocycles. The average Bonchev–Trinajstić information content (AvgIpc) is 3.23. The first kappa shape index (κ1) is 21.0. The summed E-state index contributed by atoms with van der Waals surface area (Å²) in [5.41, 5.74) is 1.04. The monoisotopic (exact) mass is 462 g/mol. The number of hydrogen-bond acceptors (Lipinski definition) is 4. The molecule has 0 aliphatic rings. The lowest BCUT2D eigenvalue weighted by atomic mass is 9.99. The summed E-state index contributed by atoms with van der Waals surface area (Å²) in [6.07, 6.45) is 2.16. The van der Waals surface area contributed by atoms with Crippen molar-refractivity contribution in [1.29, 1.82) is 0 Å². The van der Waals surface area contributed by atoms with Gasteiger partial charge in [-0.25, -0.2) is 4.99 Å². The topological polar surface area (TPSA) is 62.5 Å². The van der Waals surface area contributed by atoms with Gasteiger partial charge in [0.15, 0.2) is 11.7 Å². The summed E-state index contributed by atoms with van der Waals surface area (Å²) in [5.74, 6) is 2.07. The fraction of sp³-hybridized carbons (Fsp3) is 0.529. The van der Waals surface area contributed by atoms with E-state index in [0.717, 1.165) is 43.3 Å². The van der Waals surface area contributed by atoms with Gasteiger partial charge in [-0.05, 0) is 31.2 Å². The number of nitrogens with zero attached hydrogens (tertiary/aromatic N) is 2. The molecule has 0 amide bonds. The summed E-state index contributed by atoms with van der Waals surface area (Å²) in [6, 6.07) is 6.20. The Balaban J connectivity index is 0.00000288. The summed E-state index contributed by atoms with van der Waals surface area (Å²) < 4.78 is 5.42. The van der Waals surface area contributed by atoms with Gasteiger partial charge in [-0.1, -0.05) is 25.1 Å². The highest BCUT2D eigenvalue weighted by molar-refractivity contribution is 14.0. The Kier molecular flexibility index (Phi) is 10.0. The van der Waals surface area contributed by atoms with Crippen LogP contribution in [0.2, 0.25) is 0 Å². The molecule has 0 aliphatic carbocycles. The van der Waals surface area contributed by atoms with E-state index in [0.29, 0.717) is 12.5 Å². The van der Waals surface area contributed by atoms with Crippen LogP contribution in [0.3, 0.4) is 0 Å². The van der Waals surface area contributed by atoms with Crippen LogP contribution in [0.4, 0.5) is 0 Å². The van der Waals surface area contributed by atoms with Crippen LogP contribution in [0.1, 0.15) is 55.9 Å². The molecule has 2 aromatic heterocycles. The smallest absolute Gasteiger partial charge is 0.191 e. The number of aliphatic imine (C=N–C) groups is 1. The molecule has 0 unspecified atom stereocenters. The first-order valence-corrected chi connectivity index (χ1v) is 9.14. The number of rotatable bonds is 8. The molecule has 2 N–H and O–H groups in total. The largest absolute Gasteiger partial charge is 0.359 e. The molecule has 7 heteroatoms. The molecule has 0 radical (unpaired) electrons. The van der Waals surface area contributed by atoms with Crippen molar-refractivity contribution in [3.8, 4) is 0 Å². The third-order valence-electron chi connectivity index (χ3n) is 3.73. The number of hydrogen-bond donors (Lipinski definition) is 2. The van der Waals surface area contributed by atoms with E-state index in [1.54, 1.807) is 11.3 Å². The van der Waals surface area contributed by atoms with Crippen molar-refractivity contribution in [2.75, 3.05) is 6.54 Å². The van der Waals surface area contributed by atoms with Crippen molar-refractivity contribution in [2.45, 2.75) is 52.6 Å². The van der Waals surface area contributed by atoms with Crippen molar-refractivity contribution >= 4 is 41.3 Å². The second kappa shape index (κ2) is 11.5. The number of guanidine groups is 1. The first-order chi connectivity index (χ1) is 11.3. The maximum atomic E-state index is 5.42. The van der Waals surface area contributed by atoms with Crippen LogP contribution in [0.15, 0.2) is 33.1 Å². The Labute approximate surface area is 165 Å². The molecule has 0 bridgehead atoms. The van der Waals surface area contributed by atoms with Gasteiger partial charge >= 0.3 is 0 Å². The van der Waals surface area contributed by atoms with E-state index in [4.69, 9.17) is 4.52 Å². The van der Waals surface area contributed by atoms with Crippen LogP contribution >= 0.6 is 35.3 Å². The summed E-state index contributed by atoms with van der Waals surface area (Å²) in [5, 5.41) is 12.8. The average molecular weight is 462 g/mol. The molecule has 0 fully saturated rings. The predicted molar refractivity (Wildman–Crippen MR) is 111 cm³/mol. The molecule has 24 heavy (non-hydrogen) atoms. The normalized spacial score (nSPS) is 11.4. The second-order valence-electron chi connectivity index (χ2n) is 5.36. The van der Waals surface area contributed by atoms with Crippen molar-refractivity contribution in [3.63, 3.8) is 0 Å². The zero-order chi connectivity index (χ0) is 16.5. The van der Waals surface area contributed by atoms with Gasteiger partial charge in [0.25, 0.3) is 0 Å². The molecular weight excluding hydrogens is 435 g/mol. The van der Waals surface area contributed by atoms with E-state index < -0.39 is 0 Å². The molecule has 0 saturated carbocycles. The lowest BCUT2D eigenvalue weighted by Gasteiger charge is -2.09. The van der Waals surface area contributed by atoms with E-state index in [2.05, 4.69) is 59.1 Å². The quantitative estimate of drug-likeness (QED) is 0.344. The highest BCUT2D eigenvalue weighted by atomic mass is 127. The molecule has 2 heterocycles. The zero-order valence-corrected chi connectivity index (χ0v) is 17.7. The summed E-state index contributed by atoms with van der Waals surface area (Å²) in [7, 11) is 0. The Hall–Kier alpha value is -1.09. The lowest BCUT2D eigenvalue weighted by molar-refractivity contribution is 0.372. The van der Waals surface area contributed by atoms with E-state index in [1.807, 2.05) is 6.07 Å². The minimum absolute atomic E-state index is 0. The molecule has 134 valence electrons. The highest BCUT2D eigenvalue weighted by Gasteiger charge is 2.12. The molecule has 0 aliphatic heterocycles. The Bertz CT molecular complexity index is 594. The third-order valence-corrected chi connectivity index (χ3v) is 4.60. The summed E-state index contributed by atoms with van der Waals surface area (Å²) >= 11 is 1.74. The van der Waals surface area contributed by atoms with Crippen LogP contribution in [0.25, 0.3) is 0 Å². The van der Waals surface area contributed by atoms with Crippen molar-refractivity contribution in [3.05, 3.63) is 39.9 Å². The Morgan fingerprint density at radius 2 is 2.08 bits per heavy atom. The fourth-order valence-corrected chi connectivity index (χ4v) is 3.03. The Morgan fingerprint density at radius 1 is 1.29 bits per heavy atom. The minimum atomic E-state index is 0. The van der Waals surface area contributed by atoms with Crippen LogP contribution in [0.5, 0.6) is 0 Å². The van der Waals surface area contributed by atoms with Gasteiger partial charge < -0.3 is 15.2 Å². The number of aromatic nitrogens is 1. The van der Waals surface area contributed by atoms with Crippen molar-refractivity contribution in [2.24, 2.45) is 4.99 Å². The van der Waals surface area contributed by atoms with Gasteiger partial charge in [-0.15, -0.1) is 35.3 Å². The predicted octanol–water partition coefficient (Wildman–Crippen LogP) is 4.51. The van der Waals surface area contributed by atoms with Gasteiger partial charge in [0.05, 0.1) is 12.2 Å². The summed E-state index contributed by atoms with van der Waals surface area (Å²) in [4.78, 5) is 5.86. The minimum Gasteiger partial charge on any atom is -0.359 e. The maximum absolute atomic E-state index is 5.42. The van der Waals surface area contributed by atoms with E-state index >= 15 is 0 Å². The van der Waals surface area contributed by atoms with E-state index in [-0.39, 0.29) is 24.0 Å². The van der Waals surface area contributed by atoms with Crippen LogP contribution < -0.4 is 10.6 Å². The number of thiophene rings is 1. The van der Waals surface area contributed by atoms with Crippen molar-refractivity contribution < 1.29 is 4.52 Å². The molecular formula is C17H27IN4OS. The molecule has 0 spiro atoms. The third kappa shape index (κ3) is 6.43. The SMILES string of the molecule is CCNC(=NCc1cc(C(CC)CC)no1)NCc1cccs1.I. The first-order valence-electron chi connectivity index (χ1n) is 8.26. The Morgan fingerprint density at radius 3 is 2.71 bits per heavy atom. The molecule has 0 atom stereocenters. The zero-order valence-electron chi connectivity index (χ0n) is 14.5. The van der Waals surface area contributed by atoms with E-state index in [1.165, 1.54) is 4.88 Å². The van der Waals surface area contributed by atoms with Gasteiger partial charge in [-0.3, -0.25) is 0 Å². The van der Waals surface area contributed by atoms with Crippen molar-refractivity contribution in [1.82, 2.24) is 15.8 Å². The van der Waals surface area contributed by atoms with Gasteiger partial charge in [-0.2, -0.15) is 0 Å². The van der Waals surface area contributed by atoms with Crippen LogP contribution in [-0.4, -0.2) is 17.7 Å². The van der Waals surface area contributed by atoms with E-state index in [9.17, 15) is 0 Å². The standard InChI is InChI=1S/C17H26N4OS.HI/c1-4-13(5-2)16-10-14(22-21-16)11-19-17(18-6-3)20-12-15-8-7-9-23-15;/h7-10,13H,4-6,11-12H2,1-3H3,(H2,18,19,20);1H. The maximum Gasteiger partial charge on any atom is 0.191 e. The van der Waals surface area contributed by atoms with Gasteiger partial charge in [0.1, 0.15) is 6.54 Å². The number of halogens is 1. The molecule has 5 nitrogen and oxygen atoms in total.